The van der Waals surface area contributed by atoms with E-state index in [-0.39, 0.29) is 34.4 Å². The second-order valence-corrected chi connectivity index (χ2v) is 8.31. The first-order valence-electron chi connectivity index (χ1n) is 9.54. The van der Waals surface area contributed by atoms with E-state index >= 15 is 0 Å². The van der Waals surface area contributed by atoms with E-state index in [0.29, 0.717) is 12.4 Å². The number of carbonyl (C=O) groups is 2. The fourth-order valence-corrected chi connectivity index (χ4v) is 3.21. The number of nitrogens with zero attached hydrogens (tertiary/aromatic N) is 4. The molecule has 1 unspecified atom stereocenters. The Hall–Kier alpha value is -2.39. The van der Waals surface area contributed by atoms with Crippen molar-refractivity contribution in [3.63, 3.8) is 0 Å². The summed E-state index contributed by atoms with van der Waals surface area (Å²) < 4.78 is 12.4. The minimum atomic E-state index is -0.656. The number of ether oxygens (including phenoxy) is 2. The fraction of sp³-hybridized carbons (Fsp3) is 0.579. The van der Waals surface area contributed by atoms with Crippen molar-refractivity contribution in [2.75, 3.05) is 18.6 Å². The van der Waals surface area contributed by atoms with Crippen LogP contribution in [-0.2, 0) is 9.47 Å². The van der Waals surface area contributed by atoms with Crippen molar-refractivity contribution in [3.8, 4) is 0 Å². The molecular weight excluding hydrogens is 398 g/mol. The fourth-order valence-electron chi connectivity index (χ4n) is 3.04. The van der Waals surface area contributed by atoms with Crippen LogP contribution in [0.25, 0.3) is 5.65 Å². The average Bonchev–Trinajstić information content (AvgIpc) is 3.04. The Morgan fingerprint density at radius 1 is 1.38 bits per heavy atom. The third-order valence-corrected chi connectivity index (χ3v) is 4.78. The van der Waals surface area contributed by atoms with Gasteiger partial charge in [-0.25, -0.2) is 9.78 Å². The molecule has 2 heterocycles. The van der Waals surface area contributed by atoms with E-state index in [4.69, 9.17) is 21.1 Å². The summed E-state index contributed by atoms with van der Waals surface area (Å²) in [6, 6.07) is 1.45. The molecule has 9 nitrogen and oxygen atoms in total. The van der Waals surface area contributed by atoms with Gasteiger partial charge < -0.3 is 14.8 Å². The third kappa shape index (κ3) is 4.62. The Morgan fingerprint density at radius 3 is 2.69 bits per heavy atom. The van der Waals surface area contributed by atoms with Gasteiger partial charge in [0.25, 0.3) is 5.91 Å². The normalized spacial score (nSPS) is 19.0. The Kier molecular flexibility index (Phi) is 6.00. The maximum Gasteiger partial charge on any atom is 0.415 e. The smallest absolute Gasteiger partial charge is 0.415 e. The Morgan fingerprint density at radius 2 is 2.10 bits per heavy atom. The summed E-state index contributed by atoms with van der Waals surface area (Å²) in [4.78, 5) is 30.7. The number of hydrogen-bond donors (Lipinski definition) is 1. The predicted molar refractivity (Wildman–Crippen MR) is 109 cm³/mol. The lowest BCUT2D eigenvalue weighted by atomic mass is 9.89. The number of carbonyl (C=O) groups excluding carboxylic acids is 2. The lowest BCUT2D eigenvalue weighted by Gasteiger charge is -2.36. The quantitative estimate of drug-likeness (QED) is 0.742. The molecule has 2 atom stereocenters. The lowest BCUT2D eigenvalue weighted by molar-refractivity contribution is -0.0180. The van der Waals surface area contributed by atoms with Crippen LogP contribution in [0.1, 0.15) is 50.9 Å². The zero-order valence-corrected chi connectivity index (χ0v) is 18.0. The van der Waals surface area contributed by atoms with Crippen LogP contribution in [0, 0.1) is 0 Å². The molecule has 1 saturated carbocycles. The van der Waals surface area contributed by atoms with Gasteiger partial charge in [0.15, 0.2) is 5.65 Å². The topological polar surface area (TPSA) is 98.1 Å². The molecule has 1 N–H and O–H groups in total. The number of nitrogens with one attached hydrogen (secondary N) is 1. The summed E-state index contributed by atoms with van der Waals surface area (Å²) in [7, 11) is 1.54. The lowest BCUT2D eigenvalue weighted by Crippen LogP contribution is -2.51. The summed E-state index contributed by atoms with van der Waals surface area (Å²) in [5.41, 5.74) is -0.128. The molecule has 1 aliphatic rings. The minimum absolute atomic E-state index is 0.0243. The number of anilines is 1. The van der Waals surface area contributed by atoms with Gasteiger partial charge in [0, 0.05) is 19.7 Å². The molecule has 158 valence electrons. The van der Waals surface area contributed by atoms with E-state index in [1.807, 2.05) is 6.92 Å². The van der Waals surface area contributed by atoms with E-state index in [9.17, 15) is 9.59 Å². The van der Waals surface area contributed by atoms with Crippen molar-refractivity contribution < 1.29 is 19.1 Å². The number of fused-ring (bicyclic) bond motifs is 1. The summed E-state index contributed by atoms with van der Waals surface area (Å²) in [5, 5.41) is 7.34. The Labute approximate surface area is 174 Å². The first-order chi connectivity index (χ1) is 13.6. The zero-order chi connectivity index (χ0) is 21.3. The standard InChI is InChI=1S/C19H26ClN5O4/c1-6-28-13-8-7-12(13)22-17(26)11-10-21-25-15(9-14(20)23-16(11)25)24(5)18(27)29-19(2,3)4/h9-10,12-13H,6-8H2,1-5H3,(H,22,26)/t12-,13?/m1/s1. The van der Waals surface area contributed by atoms with Crippen molar-refractivity contribution in [2.24, 2.45) is 0 Å². The first kappa shape index (κ1) is 21.3. The van der Waals surface area contributed by atoms with Gasteiger partial charge in [0.05, 0.1) is 18.3 Å². The number of hydrogen-bond acceptors (Lipinski definition) is 6. The van der Waals surface area contributed by atoms with Crippen LogP contribution in [0.15, 0.2) is 12.3 Å². The molecule has 1 fully saturated rings. The van der Waals surface area contributed by atoms with Crippen molar-refractivity contribution in [1.82, 2.24) is 19.9 Å². The number of rotatable bonds is 5. The third-order valence-electron chi connectivity index (χ3n) is 4.59. The number of halogens is 1. The van der Waals surface area contributed by atoms with Gasteiger partial charge in [-0.2, -0.15) is 9.61 Å². The van der Waals surface area contributed by atoms with Gasteiger partial charge in [0.2, 0.25) is 0 Å². The molecule has 10 heteroatoms. The SMILES string of the molecule is CCOC1CC[C@H]1NC(=O)c1cnn2c(N(C)C(=O)OC(C)(C)C)cc(Cl)nc12. The van der Waals surface area contributed by atoms with Gasteiger partial charge in [-0.1, -0.05) is 11.6 Å². The van der Waals surface area contributed by atoms with E-state index in [0.717, 1.165) is 12.8 Å². The van der Waals surface area contributed by atoms with Gasteiger partial charge in [0.1, 0.15) is 22.1 Å². The highest BCUT2D eigenvalue weighted by atomic mass is 35.5. The number of amides is 2. The van der Waals surface area contributed by atoms with Crippen molar-refractivity contribution in [1.29, 1.82) is 0 Å². The van der Waals surface area contributed by atoms with Crippen LogP contribution in [0.3, 0.4) is 0 Å². The van der Waals surface area contributed by atoms with E-state index in [1.54, 1.807) is 27.8 Å². The summed E-state index contributed by atoms with van der Waals surface area (Å²) >= 11 is 6.17. The van der Waals surface area contributed by atoms with E-state index in [1.165, 1.54) is 21.7 Å². The Bertz CT molecular complexity index is 923. The second-order valence-electron chi connectivity index (χ2n) is 7.92. The predicted octanol–water partition coefficient (Wildman–Crippen LogP) is 3.05. The van der Waals surface area contributed by atoms with Gasteiger partial charge in [-0.3, -0.25) is 9.69 Å². The van der Waals surface area contributed by atoms with Crippen LogP contribution in [0.5, 0.6) is 0 Å². The van der Waals surface area contributed by atoms with Crippen LogP contribution in [0.2, 0.25) is 5.15 Å². The molecule has 2 amide bonds. The highest BCUT2D eigenvalue weighted by Crippen LogP contribution is 2.26. The van der Waals surface area contributed by atoms with Crippen LogP contribution in [-0.4, -0.2) is 58.0 Å². The summed E-state index contributed by atoms with van der Waals surface area (Å²) in [6.07, 6.45) is 2.64. The minimum Gasteiger partial charge on any atom is -0.443 e. The van der Waals surface area contributed by atoms with Crippen LogP contribution in [0.4, 0.5) is 10.6 Å². The van der Waals surface area contributed by atoms with E-state index < -0.39 is 11.7 Å². The first-order valence-corrected chi connectivity index (χ1v) is 9.92. The largest absolute Gasteiger partial charge is 0.443 e. The van der Waals surface area contributed by atoms with Crippen molar-refractivity contribution in [3.05, 3.63) is 23.0 Å². The highest BCUT2D eigenvalue weighted by Gasteiger charge is 2.33. The zero-order valence-electron chi connectivity index (χ0n) is 17.2. The van der Waals surface area contributed by atoms with Crippen LogP contribution < -0.4 is 10.2 Å². The maximum atomic E-state index is 12.8. The maximum absolute atomic E-state index is 12.8. The molecule has 0 spiro atoms. The van der Waals surface area contributed by atoms with Gasteiger partial charge in [-0.15, -0.1) is 0 Å². The van der Waals surface area contributed by atoms with Crippen molar-refractivity contribution >= 4 is 35.1 Å². The molecular formula is C19H26ClN5O4. The molecule has 3 rings (SSSR count). The monoisotopic (exact) mass is 423 g/mol. The Balaban J connectivity index is 1.87. The molecule has 29 heavy (non-hydrogen) atoms. The number of aromatic nitrogens is 3. The van der Waals surface area contributed by atoms with Gasteiger partial charge in [-0.05, 0) is 40.5 Å². The summed E-state index contributed by atoms with van der Waals surface area (Å²) in [6.45, 7) is 7.86. The molecule has 0 aromatic carbocycles. The highest BCUT2D eigenvalue weighted by molar-refractivity contribution is 6.30. The molecule has 0 saturated heterocycles. The molecule has 1 aliphatic carbocycles. The van der Waals surface area contributed by atoms with Crippen molar-refractivity contribution in [2.45, 2.75) is 58.3 Å². The molecule has 2 aromatic heterocycles. The van der Waals surface area contributed by atoms with Gasteiger partial charge >= 0.3 is 6.09 Å². The molecule has 0 bridgehead atoms. The summed E-state index contributed by atoms with van der Waals surface area (Å²) in [5.74, 6) is 0.0270. The average molecular weight is 424 g/mol. The van der Waals surface area contributed by atoms with Crippen LogP contribution >= 0.6 is 11.6 Å². The van der Waals surface area contributed by atoms with E-state index in [2.05, 4.69) is 15.4 Å². The molecule has 0 radical (unpaired) electrons. The molecule has 2 aromatic rings. The molecule has 0 aliphatic heterocycles. The second kappa shape index (κ2) is 8.16.